The van der Waals surface area contributed by atoms with Gasteiger partial charge in [0.25, 0.3) is 0 Å². The van der Waals surface area contributed by atoms with Crippen molar-refractivity contribution in [3.8, 4) is 0 Å². The average molecular weight is 230 g/mol. The second-order valence-corrected chi connectivity index (χ2v) is 7.67. The van der Waals surface area contributed by atoms with Crippen LogP contribution in [0.1, 0.15) is 38.5 Å². The summed E-state index contributed by atoms with van der Waals surface area (Å²) in [5.41, 5.74) is 0. The van der Waals surface area contributed by atoms with E-state index in [1.807, 2.05) is 6.66 Å². The second-order valence-electron chi connectivity index (χ2n) is 4.86. The summed E-state index contributed by atoms with van der Waals surface area (Å²) < 4.78 is 17.3. The lowest BCUT2D eigenvalue weighted by molar-refractivity contribution is 0.279. The molecule has 2 aliphatic heterocycles. The van der Waals surface area contributed by atoms with Crippen molar-refractivity contribution >= 4 is 7.44 Å². The number of nitrogens with zero attached hydrogens (tertiary/aromatic N) is 2. The van der Waals surface area contributed by atoms with Gasteiger partial charge in [0.2, 0.25) is 7.44 Å². The first kappa shape index (κ1) is 11.6. The Balaban J connectivity index is 1.99. The van der Waals surface area contributed by atoms with Crippen molar-refractivity contribution in [2.45, 2.75) is 38.5 Å². The minimum atomic E-state index is -2.18. The number of hydrogen-bond acceptors (Lipinski definition) is 1. The minimum absolute atomic E-state index is 1.05. The van der Waals surface area contributed by atoms with Crippen molar-refractivity contribution in [2.75, 3.05) is 32.8 Å². The Kier molecular flexibility index (Phi) is 3.87. The lowest BCUT2D eigenvalue weighted by Crippen LogP contribution is -2.37. The fourth-order valence-electron chi connectivity index (χ4n) is 2.68. The van der Waals surface area contributed by atoms with Crippen LogP contribution in [0.5, 0.6) is 0 Å². The first-order valence-corrected chi connectivity index (χ1v) is 8.35. The van der Waals surface area contributed by atoms with Crippen LogP contribution in [0.15, 0.2) is 0 Å². The van der Waals surface area contributed by atoms with Gasteiger partial charge in [-0.3, -0.25) is 4.57 Å². The highest BCUT2D eigenvalue weighted by Crippen LogP contribution is 2.51. The van der Waals surface area contributed by atoms with E-state index in [9.17, 15) is 4.57 Å². The number of rotatable bonds is 2. The molecule has 2 saturated heterocycles. The van der Waals surface area contributed by atoms with E-state index in [1.165, 1.54) is 38.5 Å². The molecule has 3 nitrogen and oxygen atoms in total. The third-order valence-electron chi connectivity index (χ3n) is 3.71. The molecule has 2 aliphatic rings. The van der Waals surface area contributed by atoms with Gasteiger partial charge in [-0.2, -0.15) is 0 Å². The molecule has 0 aromatic rings. The number of piperidine rings is 2. The molecule has 0 saturated carbocycles. The lowest BCUT2D eigenvalue weighted by Gasteiger charge is -2.40. The molecule has 0 spiro atoms. The molecule has 88 valence electrons. The maximum Gasteiger partial charge on any atom is 0.213 e. The van der Waals surface area contributed by atoms with Crippen LogP contribution in [0.4, 0.5) is 0 Å². The van der Waals surface area contributed by atoms with E-state index in [4.69, 9.17) is 0 Å². The van der Waals surface area contributed by atoms with Crippen LogP contribution in [0.2, 0.25) is 0 Å². The van der Waals surface area contributed by atoms with E-state index in [-0.39, 0.29) is 0 Å². The summed E-state index contributed by atoms with van der Waals surface area (Å²) in [5, 5.41) is 0. The molecule has 0 aromatic carbocycles. The van der Waals surface area contributed by atoms with Crippen molar-refractivity contribution in [3.63, 3.8) is 0 Å². The summed E-state index contributed by atoms with van der Waals surface area (Å²) in [4.78, 5) is 0. The molecular formula is C11H23N2OP. The molecule has 0 radical (unpaired) electrons. The van der Waals surface area contributed by atoms with E-state index in [1.54, 1.807) is 0 Å². The van der Waals surface area contributed by atoms with Gasteiger partial charge < -0.3 is 0 Å². The Hall–Kier alpha value is 0.150. The van der Waals surface area contributed by atoms with E-state index in [2.05, 4.69) is 9.34 Å². The fourth-order valence-corrected chi connectivity index (χ4v) is 5.08. The molecule has 0 amide bonds. The molecule has 0 aliphatic carbocycles. The maximum absolute atomic E-state index is 12.8. The molecule has 2 rings (SSSR count). The van der Waals surface area contributed by atoms with E-state index >= 15 is 0 Å². The number of hydrogen-bond donors (Lipinski definition) is 0. The van der Waals surface area contributed by atoms with Gasteiger partial charge in [-0.1, -0.05) is 12.8 Å². The largest absolute Gasteiger partial charge is 0.289 e. The Morgan fingerprint density at radius 2 is 1.07 bits per heavy atom. The molecule has 0 N–H and O–H groups in total. The zero-order valence-electron chi connectivity index (χ0n) is 9.82. The zero-order chi connectivity index (χ0) is 10.7. The normalized spacial score (nSPS) is 26.7. The van der Waals surface area contributed by atoms with Crippen molar-refractivity contribution in [1.29, 1.82) is 0 Å². The predicted molar refractivity (Wildman–Crippen MR) is 64.4 cm³/mol. The fraction of sp³-hybridized carbons (Fsp3) is 1.00. The van der Waals surface area contributed by atoms with Crippen molar-refractivity contribution in [2.24, 2.45) is 0 Å². The highest BCUT2D eigenvalue weighted by molar-refractivity contribution is 7.58. The molecule has 0 aromatic heterocycles. The van der Waals surface area contributed by atoms with Crippen LogP contribution in [-0.4, -0.2) is 42.2 Å². The van der Waals surface area contributed by atoms with Gasteiger partial charge >= 0.3 is 0 Å². The lowest BCUT2D eigenvalue weighted by atomic mass is 10.2. The maximum atomic E-state index is 12.8. The molecule has 2 heterocycles. The standard InChI is InChI=1S/C11H23N2OP/c1-15(14,12-8-4-2-5-9-12)13-10-6-3-7-11-13/h2-11H2,1H3. The van der Waals surface area contributed by atoms with Crippen molar-refractivity contribution in [1.82, 2.24) is 9.34 Å². The monoisotopic (exact) mass is 230 g/mol. The van der Waals surface area contributed by atoms with Gasteiger partial charge in [-0.05, 0) is 25.7 Å². The third-order valence-corrected chi connectivity index (χ3v) is 6.61. The smallest absolute Gasteiger partial charge is 0.213 e. The minimum Gasteiger partial charge on any atom is -0.289 e. The molecule has 0 unspecified atom stereocenters. The van der Waals surface area contributed by atoms with Crippen LogP contribution >= 0.6 is 7.44 Å². The summed E-state index contributed by atoms with van der Waals surface area (Å²) in [6.45, 7) is 6.16. The van der Waals surface area contributed by atoms with Gasteiger partial charge in [-0.15, -0.1) is 0 Å². The summed E-state index contributed by atoms with van der Waals surface area (Å²) in [5.74, 6) is 0. The molecule has 0 atom stereocenters. The van der Waals surface area contributed by atoms with Gasteiger partial charge in [0, 0.05) is 32.8 Å². The molecule has 0 bridgehead atoms. The first-order chi connectivity index (χ1) is 7.21. The van der Waals surface area contributed by atoms with Gasteiger partial charge in [0.05, 0.1) is 0 Å². The highest BCUT2D eigenvalue weighted by Gasteiger charge is 2.33. The van der Waals surface area contributed by atoms with E-state index in [0.717, 1.165) is 26.2 Å². The SMILES string of the molecule is CP(=O)(N1CCCCC1)N1CCCCC1. The predicted octanol–water partition coefficient (Wildman–Crippen LogP) is 2.78. The Morgan fingerprint density at radius 3 is 1.40 bits per heavy atom. The van der Waals surface area contributed by atoms with Gasteiger partial charge in [0.1, 0.15) is 0 Å². The van der Waals surface area contributed by atoms with E-state index < -0.39 is 7.44 Å². The zero-order valence-corrected chi connectivity index (χ0v) is 10.7. The summed E-state index contributed by atoms with van der Waals surface area (Å²) in [7, 11) is -2.18. The van der Waals surface area contributed by atoms with Crippen molar-refractivity contribution in [3.05, 3.63) is 0 Å². The van der Waals surface area contributed by atoms with Crippen LogP contribution in [-0.2, 0) is 4.57 Å². The molecule has 2 fully saturated rings. The quantitative estimate of drug-likeness (QED) is 0.681. The van der Waals surface area contributed by atoms with Crippen LogP contribution < -0.4 is 0 Å². The summed E-state index contributed by atoms with van der Waals surface area (Å²) in [6.07, 6.45) is 7.54. The Bertz CT molecular complexity index is 223. The Morgan fingerprint density at radius 1 is 0.733 bits per heavy atom. The first-order valence-electron chi connectivity index (χ1n) is 6.29. The topological polar surface area (TPSA) is 23.6 Å². The van der Waals surface area contributed by atoms with Crippen molar-refractivity contribution < 1.29 is 4.57 Å². The summed E-state index contributed by atoms with van der Waals surface area (Å²) >= 11 is 0. The van der Waals surface area contributed by atoms with Crippen LogP contribution in [0.25, 0.3) is 0 Å². The Labute approximate surface area is 93.3 Å². The third kappa shape index (κ3) is 2.64. The molecule has 15 heavy (non-hydrogen) atoms. The van der Waals surface area contributed by atoms with Gasteiger partial charge in [0.15, 0.2) is 0 Å². The molecule has 4 heteroatoms. The average Bonchev–Trinajstić information content (AvgIpc) is 2.31. The summed E-state index contributed by atoms with van der Waals surface area (Å²) in [6, 6.07) is 0. The second kappa shape index (κ2) is 4.99. The molecular weight excluding hydrogens is 207 g/mol. The van der Waals surface area contributed by atoms with Gasteiger partial charge in [-0.25, -0.2) is 9.34 Å². The van der Waals surface area contributed by atoms with Crippen LogP contribution in [0.3, 0.4) is 0 Å². The highest BCUT2D eigenvalue weighted by atomic mass is 31.2. The van der Waals surface area contributed by atoms with E-state index in [0.29, 0.717) is 0 Å². The van der Waals surface area contributed by atoms with Crippen LogP contribution in [0, 0.1) is 0 Å².